The molecule has 0 nitrogen and oxygen atoms in total. The van der Waals surface area contributed by atoms with E-state index < -0.39 is 0 Å². The second-order valence-electron chi connectivity index (χ2n) is 12.8. The van der Waals surface area contributed by atoms with Crippen molar-refractivity contribution >= 4 is 106 Å². The summed E-state index contributed by atoms with van der Waals surface area (Å²) in [6.45, 7) is 0. The molecule has 222 valence electrons. The number of benzene rings is 9. The van der Waals surface area contributed by atoms with Gasteiger partial charge in [0.2, 0.25) is 0 Å². The van der Waals surface area contributed by atoms with Crippen LogP contribution in [-0.4, -0.2) is 0 Å². The van der Waals surface area contributed by atoms with Crippen molar-refractivity contribution in [3.8, 4) is 22.3 Å². The molecule has 0 aliphatic rings. The van der Waals surface area contributed by atoms with E-state index in [1.807, 2.05) is 22.7 Å². The lowest BCUT2D eigenvalue weighted by Crippen LogP contribution is -1.91. The molecule has 0 fully saturated rings. The molecule has 2 heterocycles. The van der Waals surface area contributed by atoms with E-state index in [9.17, 15) is 0 Å². The molecule has 0 aliphatic carbocycles. The van der Waals surface area contributed by atoms with Gasteiger partial charge in [0.25, 0.3) is 0 Å². The molecule has 11 rings (SSSR count). The highest BCUT2D eigenvalue weighted by molar-refractivity contribution is 7.33. The van der Waals surface area contributed by atoms with Crippen molar-refractivity contribution in [3.05, 3.63) is 158 Å². The van der Waals surface area contributed by atoms with Gasteiger partial charge in [-0.3, -0.25) is 0 Å². The van der Waals surface area contributed by atoms with E-state index in [0.717, 1.165) is 0 Å². The standard InChI is InChI=1S/C46H26S2/c1-2-12-28-25-29(22-21-27(28)11-1)41-31-13-3-5-15-33(31)42(34-16-6-4-14-32(34)41)30-23-24-40-38(26-30)44-36-18-8-7-17-35(36)43-37-19-9-10-20-39(37)47-45(43)46(44)48-40/h1-26H. The molecule has 0 N–H and O–H groups in total. The molecule has 11 aromatic rings. The molecular formula is C46H26S2. The Labute approximate surface area is 284 Å². The summed E-state index contributed by atoms with van der Waals surface area (Å²) in [5.41, 5.74) is 5.13. The molecular weight excluding hydrogens is 617 g/mol. The van der Waals surface area contributed by atoms with Gasteiger partial charge in [-0.2, -0.15) is 0 Å². The van der Waals surface area contributed by atoms with Gasteiger partial charge in [0.15, 0.2) is 0 Å². The smallest absolute Gasteiger partial charge is 0.0540 e. The maximum absolute atomic E-state index is 2.48. The van der Waals surface area contributed by atoms with Crippen LogP contribution in [0.5, 0.6) is 0 Å². The first-order valence-corrected chi connectivity index (χ1v) is 18.1. The summed E-state index contributed by atoms with van der Waals surface area (Å²) in [7, 11) is 0. The van der Waals surface area contributed by atoms with Gasteiger partial charge in [-0.25, -0.2) is 0 Å². The number of hydrogen-bond donors (Lipinski definition) is 0. The molecule has 0 spiro atoms. The lowest BCUT2D eigenvalue weighted by molar-refractivity contribution is 1.69. The minimum Gasteiger partial charge on any atom is -0.134 e. The van der Waals surface area contributed by atoms with Crippen LogP contribution in [0.15, 0.2) is 158 Å². The lowest BCUT2D eigenvalue weighted by Gasteiger charge is -2.18. The van der Waals surface area contributed by atoms with Crippen LogP contribution in [0.3, 0.4) is 0 Å². The summed E-state index contributed by atoms with van der Waals surface area (Å²) in [6.07, 6.45) is 0. The number of fused-ring (bicyclic) bond motifs is 13. The van der Waals surface area contributed by atoms with Crippen molar-refractivity contribution in [3.63, 3.8) is 0 Å². The van der Waals surface area contributed by atoms with Crippen LogP contribution in [0.25, 0.3) is 106 Å². The molecule has 0 saturated heterocycles. The Morgan fingerprint density at radius 1 is 0.292 bits per heavy atom. The molecule has 2 heteroatoms. The number of thiophene rings is 2. The monoisotopic (exact) mass is 642 g/mol. The van der Waals surface area contributed by atoms with Gasteiger partial charge in [0, 0.05) is 30.9 Å². The van der Waals surface area contributed by atoms with Crippen LogP contribution in [0.1, 0.15) is 0 Å². The zero-order chi connectivity index (χ0) is 31.3. The maximum Gasteiger partial charge on any atom is 0.0540 e. The van der Waals surface area contributed by atoms with Crippen LogP contribution in [0.4, 0.5) is 0 Å². The first kappa shape index (κ1) is 26.5. The van der Waals surface area contributed by atoms with Crippen LogP contribution in [0, 0.1) is 0 Å². The Morgan fingerprint density at radius 2 is 0.729 bits per heavy atom. The second-order valence-corrected chi connectivity index (χ2v) is 14.9. The largest absolute Gasteiger partial charge is 0.134 e. The Kier molecular flexibility index (Phi) is 5.51. The van der Waals surface area contributed by atoms with Crippen LogP contribution >= 0.6 is 22.7 Å². The van der Waals surface area contributed by atoms with Crippen molar-refractivity contribution in [1.29, 1.82) is 0 Å². The van der Waals surface area contributed by atoms with Gasteiger partial charge in [-0.1, -0.05) is 133 Å². The average Bonchev–Trinajstić information content (AvgIpc) is 3.73. The van der Waals surface area contributed by atoms with Gasteiger partial charge in [0.1, 0.15) is 0 Å². The second kappa shape index (κ2) is 9.98. The molecule has 48 heavy (non-hydrogen) atoms. The molecule has 9 aromatic carbocycles. The third-order valence-corrected chi connectivity index (χ3v) is 12.7. The SMILES string of the molecule is c1ccc2cc(-c3c4ccccc4c(-c4ccc5sc6c7sc8ccccc8c7c7ccccc7c6c5c4)c4ccccc34)ccc2c1. The fourth-order valence-corrected chi connectivity index (χ4v) is 10.7. The first-order valence-electron chi connectivity index (χ1n) is 16.4. The fourth-order valence-electron chi connectivity index (χ4n) is 8.17. The summed E-state index contributed by atoms with van der Waals surface area (Å²) in [6, 6.07) is 58.6. The van der Waals surface area contributed by atoms with Gasteiger partial charge in [-0.15, -0.1) is 22.7 Å². The third kappa shape index (κ3) is 3.65. The molecule has 0 aliphatic heterocycles. The van der Waals surface area contributed by atoms with Crippen LogP contribution < -0.4 is 0 Å². The van der Waals surface area contributed by atoms with Crippen molar-refractivity contribution in [2.75, 3.05) is 0 Å². The minimum atomic E-state index is 1.26. The molecule has 2 aromatic heterocycles. The van der Waals surface area contributed by atoms with E-state index in [4.69, 9.17) is 0 Å². The summed E-state index contributed by atoms with van der Waals surface area (Å²) >= 11 is 3.88. The molecule has 0 atom stereocenters. The molecule has 0 bridgehead atoms. The highest BCUT2D eigenvalue weighted by Crippen LogP contribution is 2.50. The number of rotatable bonds is 2. The Balaban J connectivity index is 1.24. The van der Waals surface area contributed by atoms with Gasteiger partial charge in [-0.05, 0) is 89.6 Å². The lowest BCUT2D eigenvalue weighted by atomic mass is 9.85. The summed E-state index contributed by atoms with van der Waals surface area (Å²) < 4.78 is 5.50. The molecule has 0 saturated carbocycles. The van der Waals surface area contributed by atoms with Crippen molar-refractivity contribution in [1.82, 2.24) is 0 Å². The normalized spacial score (nSPS) is 12.2. The van der Waals surface area contributed by atoms with Gasteiger partial charge < -0.3 is 0 Å². The molecule has 0 unspecified atom stereocenters. The zero-order valence-corrected chi connectivity index (χ0v) is 27.5. The predicted octanol–water partition coefficient (Wildman–Crippen LogP) is 14.4. The van der Waals surface area contributed by atoms with E-state index >= 15 is 0 Å². The fraction of sp³-hybridized carbons (Fsp3) is 0. The number of hydrogen-bond acceptors (Lipinski definition) is 2. The Bertz CT molecular complexity index is 3060. The van der Waals surface area contributed by atoms with Gasteiger partial charge in [0.05, 0.1) is 9.40 Å². The maximum atomic E-state index is 2.48. The minimum absolute atomic E-state index is 1.26. The third-order valence-electron chi connectivity index (χ3n) is 10.2. The zero-order valence-electron chi connectivity index (χ0n) is 25.8. The quantitative estimate of drug-likeness (QED) is 0.165. The van der Waals surface area contributed by atoms with Gasteiger partial charge >= 0.3 is 0 Å². The summed E-state index contributed by atoms with van der Waals surface area (Å²) in [4.78, 5) is 0. The first-order chi connectivity index (χ1) is 23.8. The van der Waals surface area contributed by atoms with Crippen molar-refractivity contribution in [2.24, 2.45) is 0 Å². The average molecular weight is 643 g/mol. The molecule has 0 amide bonds. The highest BCUT2D eigenvalue weighted by atomic mass is 32.1. The van der Waals surface area contributed by atoms with Crippen molar-refractivity contribution in [2.45, 2.75) is 0 Å². The van der Waals surface area contributed by atoms with E-state index in [1.165, 1.54) is 106 Å². The molecule has 0 radical (unpaired) electrons. The van der Waals surface area contributed by atoms with Crippen LogP contribution in [-0.2, 0) is 0 Å². The Hall–Kier alpha value is -5.54. The van der Waals surface area contributed by atoms with Crippen LogP contribution in [0.2, 0.25) is 0 Å². The van der Waals surface area contributed by atoms with E-state index in [2.05, 4.69) is 158 Å². The highest BCUT2D eigenvalue weighted by Gasteiger charge is 2.20. The predicted molar refractivity (Wildman–Crippen MR) is 213 cm³/mol. The van der Waals surface area contributed by atoms with E-state index in [0.29, 0.717) is 0 Å². The van der Waals surface area contributed by atoms with Crippen molar-refractivity contribution < 1.29 is 0 Å². The summed E-state index contributed by atoms with van der Waals surface area (Å²) in [5.74, 6) is 0. The topological polar surface area (TPSA) is 0 Å². The Morgan fingerprint density at radius 3 is 1.35 bits per heavy atom. The summed E-state index contributed by atoms with van der Waals surface area (Å²) in [5, 5.41) is 15.8. The van der Waals surface area contributed by atoms with E-state index in [-0.39, 0.29) is 0 Å². The van der Waals surface area contributed by atoms with E-state index in [1.54, 1.807) is 0 Å².